The first-order chi connectivity index (χ1) is 20.2. The van der Waals surface area contributed by atoms with Crippen molar-refractivity contribution in [1.82, 2.24) is 10.3 Å². The van der Waals surface area contributed by atoms with Gasteiger partial charge in [0.15, 0.2) is 0 Å². The first-order valence-corrected chi connectivity index (χ1v) is 15.5. The summed E-state index contributed by atoms with van der Waals surface area (Å²) in [6.45, 7) is 5.24. The lowest BCUT2D eigenvalue weighted by molar-refractivity contribution is -0.158. The van der Waals surface area contributed by atoms with E-state index in [9.17, 15) is 19.2 Å². The van der Waals surface area contributed by atoms with E-state index in [0.29, 0.717) is 46.7 Å². The van der Waals surface area contributed by atoms with E-state index in [4.69, 9.17) is 21.3 Å². The van der Waals surface area contributed by atoms with Crippen LogP contribution >= 0.6 is 27.5 Å². The minimum absolute atomic E-state index is 0.0147. The Morgan fingerprint density at radius 2 is 2.07 bits per heavy atom. The SMILES string of the molecule is CCCC(F)OC(=O)CCC(CNC(=O)c1c(C)c(N2CCCC(C#N)C2)nc2ccc(Br)cc12)c1ccccc1Cl. The maximum Gasteiger partial charge on any atom is 0.308 e. The predicted octanol–water partition coefficient (Wildman–Crippen LogP) is 7.63. The van der Waals surface area contributed by atoms with E-state index in [-0.39, 0.29) is 37.1 Å². The second kappa shape index (κ2) is 14.8. The van der Waals surface area contributed by atoms with Gasteiger partial charge in [0.05, 0.1) is 23.1 Å². The standard InChI is InChI=1S/C32H35BrClFN4O3/c1-3-7-28(35)42-29(40)14-11-22(24-9-4-5-10-26(24)34)18-37-32(41)30-20(2)31(39-15-6-8-21(17-36)19-39)38-27-13-12-23(33)16-25(27)30/h4-5,9-10,12-13,16,21-22,28H,3,6-8,11,14-15,18-19H2,1-2H3,(H,37,41). The quantitative estimate of drug-likeness (QED) is 0.213. The average Bonchev–Trinajstić information content (AvgIpc) is 2.97. The minimum atomic E-state index is -1.62. The maximum absolute atomic E-state index is 13.9. The predicted molar refractivity (Wildman–Crippen MR) is 166 cm³/mol. The van der Waals surface area contributed by atoms with Gasteiger partial charge in [-0.15, -0.1) is 0 Å². The molecule has 0 saturated carbocycles. The summed E-state index contributed by atoms with van der Waals surface area (Å²) in [5, 5.41) is 13.8. The number of aromatic nitrogens is 1. The second-order valence-electron chi connectivity index (χ2n) is 10.7. The molecular weight excluding hydrogens is 623 g/mol. The van der Waals surface area contributed by atoms with E-state index in [0.717, 1.165) is 35.0 Å². The van der Waals surface area contributed by atoms with E-state index in [2.05, 4.69) is 32.2 Å². The van der Waals surface area contributed by atoms with Crippen molar-refractivity contribution >= 4 is 56.1 Å². The second-order valence-corrected chi connectivity index (χ2v) is 12.0. The summed E-state index contributed by atoms with van der Waals surface area (Å²) in [6.07, 6.45) is 1.13. The molecule has 222 valence electrons. The van der Waals surface area contributed by atoms with Gasteiger partial charge in [-0.05, 0) is 62.4 Å². The number of amides is 1. The van der Waals surface area contributed by atoms with Gasteiger partial charge >= 0.3 is 5.97 Å². The summed E-state index contributed by atoms with van der Waals surface area (Å²) in [5.41, 5.74) is 2.71. The normalized spacial score (nSPS) is 16.5. The lowest BCUT2D eigenvalue weighted by Gasteiger charge is -2.32. The molecule has 0 radical (unpaired) electrons. The molecule has 0 spiro atoms. The molecule has 2 aromatic carbocycles. The monoisotopic (exact) mass is 656 g/mol. The topological polar surface area (TPSA) is 95.3 Å². The van der Waals surface area contributed by atoms with Gasteiger partial charge in [-0.3, -0.25) is 9.59 Å². The van der Waals surface area contributed by atoms with Crippen molar-refractivity contribution < 1.29 is 18.7 Å². The Balaban J connectivity index is 1.61. The third-order valence-corrected chi connectivity index (χ3v) is 8.46. The van der Waals surface area contributed by atoms with Gasteiger partial charge in [-0.2, -0.15) is 5.26 Å². The highest BCUT2D eigenvalue weighted by Gasteiger charge is 2.27. The molecule has 2 heterocycles. The number of hydrogen-bond donors (Lipinski definition) is 1. The number of nitrogens with zero attached hydrogens (tertiary/aromatic N) is 3. The number of hydrogen-bond acceptors (Lipinski definition) is 6. The number of benzene rings is 2. The summed E-state index contributed by atoms with van der Waals surface area (Å²) < 4.78 is 19.6. The van der Waals surface area contributed by atoms with Crippen molar-refractivity contribution in [2.75, 3.05) is 24.5 Å². The molecule has 3 unspecified atom stereocenters. The number of carbonyl (C=O) groups is 2. The third-order valence-electron chi connectivity index (χ3n) is 7.62. The van der Waals surface area contributed by atoms with Crippen LogP contribution in [0.1, 0.15) is 72.9 Å². The lowest BCUT2D eigenvalue weighted by atomic mass is 9.93. The molecule has 0 aliphatic carbocycles. The highest BCUT2D eigenvalue weighted by atomic mass is 79.9. The van der Waals surface area contributed by atoms with Gasteiger partial charge in [0, 0.05) is 58.8 Å². The van der Waals surface area contributed by atoms with E-state index in [1.807, 2.05) is 50.2 Å². The smallest absolute Gasteiger partial charge is 0.308 e. The Morgan fingerprint density at radius 3 is 2.81 bits per heavy atom. The lowest BCUT2D eigenvalue weighted by Crippen LogP contribution is -2.36. The Morgan fingerprint density at radius 1 is 1.29 bits per heavy atom. The molecule has 4 rings (SSSR count). The minimum Gasteiger partial charge on any atom is -0.431 e. The number of nitrogens with one attached hydrogen (secondary N) is 1. The molecule has 10 heteroatoms. The number of alkyl halides is 1. The largest absolute Gasteiger partial charge is 0.431 e. The van der Waals surface area contributed by atoms with E-state index >= 15 is 0 Å². The number of carbonyl (C=O) groups excluding carboxylic acids is 2. The summed E-state index contributed by atoms with van der Waals surface area (Å²) in [6, 6.07) is 15.3. The van der Waals surface area contributed by atoms with Crippen LogP contribution in [0, 0.1) is 24.2 Å². The molecule has 3 atom stereocenters. The molecule has 1 aliphatic rings. The van der Waals surface area contributed by atoms with Crippen LogP contribution in [0.5, 0.6) is 0 Å². The van der Waals surface area contributed by atoms with Gasteiger partial charge in [-0.25, -0.2) is 9.37 Å². The maximum atomic E-state index is 13.9. The van der Waals surface area contributed by atoms with Crippen molar-refractivity contribution in [2.24, 2.45) is 5.92 Å². The van der Waals surface area contributed by atoms with Crippen LogP contribution in [-0.2, 0) is 9.53 Å². The van der Waals surface area contributed by atoms with Crippen molar-refractivity contribution in [3.63, 3.8) is 0 Å². The highest BCUT2D eigenvalue weighted by Crippen LogP contribution is 2.33. The number of piperidine rings is 1. The zero-order valence-corrected chi connectivity index (χ0v) is 26.2. The number of ether oxygens (including phenoxy) is 1. The number of nitriles is 1. The first kappa shape index (κ1) is 31.7. The van der Waals surface area contributed by atoms with Crippen molar-refractivity contribution in [1.29, 1.82) is 5.26 Å². The van der Waals surface area contributed by atoms with Gasteiger partial charge in [0.2, 0.25) is 6.36 Å². The van der Waals surface area contributed by atoms with Crippen LogP contribution in [0.4, 0.5) is 10.2 Å². The fourth-order valence-corrected chi connectivity index (χ4v) is 6.10. The molecule has 7 nitrogen and oxygen atoms in total. The van der Waals surface area contributed by atoms with E-state index < -0.39 is 12.3 Å². The van der Waals surface area contributed by atoms with Crippen molar-refractivity contribution in [2.45, 2.75) is 64.6 Å². The number of rotatable bonds is 11. The molecule has 3 aromatic rings. The summed E-state index contributed by atoms with van der Waals surface area (Å²) in [4.78, 5) is 33.3. The van der Waals surface area contributed by atoms with E-state index in [1.165, 1.54) is 0 Å². The highest BCUT2D eigenvalue weighted by molar-refractivity contribution is 9.10. The first-order valence-electron chi connectivity index (χ1n) is 14.3. The molecule has 1 N–H and O–H groups in total. The van der Waals surface area contributed by atoms with Crippen LogP contribution in [-0.4, -0.2) is 42.9 Å². The molecular formula is C32H35BrClFN4O3. The fourth-order valence-electron chi connectivity index (χ4n) is 5.45. The van der Waals surface area contributed by atoms with Crippen LogP contribution < -0.4 is 10.2 Å². The molecule has 1 fully saturated rings. The molecule has 1 aliphatic heterocycles. The molecule has 1 aromatic heterocycles. The van der Waals surface area contributed by atoms with Crippen molar-refractivity contribution in [3.05, 3.63) is 68.7 Å². The number of fused-ring (bicyclic) bond motifs is 1. The van der Waals surface area contributed by atoms with Gasteiger partial charge < -0.3 is 15.0 Å². The average molecular weight is 658 g/mol. The summed E-state index contributed by atoms with van der Waals surface area (Å²) in [5.74, 6) is -0.595. The number of pyridine rings is 1. The van der Waals surface area contributed by atoms with Crippen molar-refractivity contribution in [3.8, 4) is 6.07 Å². The summed E-state index contributed by atoms with van der Waals surface area (Å²) in [7, 11) is 0. The Labute approximate surface area is 259 Å². The number of anilines is 1. The fraction of sp³-hybridized carbons (Fsp3) is 0.438. The Hall–Kier alpha value is -3.22. The van der Waals surface area contributed by atoms with E-state index in [1.54, 1.807) is 6.07 Å². The third kappa shape index (κ3) is 7.78. The Bertz CT molecular complexity index is 1480. The summed E-state index contributed by atoms with van der Waals surface area (Å²) >= 11 is 10.0. The molecule has 1 saturated heterocycles. The Kier molecular flexibility index (Phi) is 11.2. The zero-order valence-electron chi connectivity index (χ0n) is 23.8. The van der Waals surface area contributed by atoms with Crippen LogP contribution in [0.15, 0.2) is 46.9 Å². The van der Waals surface area contributed by atoms with Crippen LogP contribution in [0.3, 0.4) is 0 Å². The molecule has 42 heavy (non-hydrogen) atoms. The molecule has 0 bridgehead atoms. The van der Waals surface area contributed by atoms with Gasteiger partial charge in [0.25, 0.3) is 5.91 Å². The van der Waals surface area contributed by atoms with Gasteiger partial charge in [-0.1, -0.05) is 52.7 Å². The molecule has 1 amide bonds. The van der Waals surface area contributed by atoms with Gasteiger partial charge in [0.1, 0.15) is 5.82 Å². The number of esters is 1. The zero-order chi connectivity index (χ0) is 30.2. The van der Waals surface area contributed by atoms with Crippen LogP contribution in [0.25, 0.3) is 10.9 Å². The van der Waals surface area contributed by atoms with Crippen LogP contribution in [0.2, 0.25) is 5.02 Å². The number of halogens is 3.